The minimum atomic E-state index is -0.296. The molecule has 0 amide bonds. The Morgan fingerprint density at radius 1 is 1.16 bits per heavy atom. The Morgan fingerprint density at radius 3 is 2.92 bits per heavy atom. The zero-order chi connectivity index (χ0) is 26.3. The normalized spacial score (nSPS) is 23.6. The predicted molar refractivity (Wildman–Crippen MR) is 144 cm³/mol. The van der Waals surface area contributed by atoms with Crippen molar-refractivity contribution in [3.63, 3.8) is 0 Å². The molecule has 3 aliphatic heterocycles. The van der Waals surface area contributed by atoms with E-state index in [9.17, 15) is 9.18 Å². The van der Waals surface area contributed by atoms with Gasteiger partial charge in [0.1, 0.15) is 5.82 Å². The summed E-state index contributed by atoms with van der Waals surface area (Å²) in [7, 11) is 1.40. The number of esters is 1. The van der Waals surface area contributed by atoms with E-state index in [4.69, 9.17) is 19.2 Å². The van der Waals surface area contributed by atoms with Gasteiger partial charge in [-0.25, -0.2) is 4.39 Å². The maximum Gasteiger partial charge on any atom is 0.319 e. The molecule has 2 unspecified atom stereocenters. The first-order chi connectivity index (χ1) is 18.6. The van der Waals surface area contributed by atoms with E-state index in [-0.39, 0.29) is 36.6 Å². The average molecular weight is 526 g/mol. The first kappa shape index (κ1) is 27.0. The first-order valence-electron chi connectivity index (χ1n) is 14.2. The molecule has 7 nitrogen and oxygen atoms in total. The van der Waals surface area contributed by atoms with Crippen LogP contribution in [0.4, 0.5) is 10.1 Å². The molecule has 0 aliphatic carbocycles. The first-order valence-corrected chi connectivity index (χ1v) is 14.2. The quantitative estimate of drug-likeness (QED) is 0.340. The van der Waals surface area contributed by atoms with Gasteiger partial charge in [0.2, 0.25) is 0 Å². The summed E-state index contributed by atoms with van der Waals surface area (Å²) in [6.07, 6.45) is 8.65. The summed E-state index contributed by atoms with van der Waals surface area (Å²) in [5.41, 5.74) is 5.36. The van der Waals surface area contributed by atoms with Crippen molar-refractivity contribution >= 4 is 11.7 Å². The number of ether oxygens (including phenoxy) is 3. The van der Waals surface area contributed by atoms with Crippen molar-refractivity contribution in [2.45, 2.75) is 76.0 Å². The molecule has 0 saturated carbocycles. The Labute approximate surface area is 225 Å². The van der Waals surface area contributed by atoms with Crippen molar-refractivity contribution in [3.05, 3.63) is 58.7 Å². The summed E-state index contributed by atoms with van der Waals surface area (Å²) in [5.74, 6) is -0.578. The number of aromatic nitrogens is 1. The van der Waals surface area contributed by atoms with Crippen LogP contribution in [0.1, 0.15) is 79.6 Å². The minimum Gasteiger partial charge on any atom is -0.468 e. The summed E-state index contributed by atoms with van der Waals surface area (Å²) in [6, 6.07) is 9.03. The van der Waals surface area contributed by atoms with Crippen molar-refractivity contribution < 1.29 is 23.4 Å². The third kappa shape index (κ3) is 6.53. The number of nitrogens with zero attached hydrogens (tertiary/aromatic N) is 2. The van der Waals surface area contributed by atoms with Gasteiger partial charge in [-0.15, -0.1) is 0 Å². The smallest absolute Gasteiger partial charge is 0.319 e. The van der Waals surface area contributed by atoms with Gasteiger partial charge in [0, 0.05) is 32.0 Å². The second kappa shape index (κ2) is 13.0. The van der Waals surface area contributed by atoms with Crippen LogP contribution in [-0.2, 0) is 31.8 Å². The molecule has 1 aromatic heterocycles. The number of fused-ring (bicyclic) bond motifs is 1. The lowest BCUT2D eigenvalue weighted by Gasteiger charge is -2.32. The fourth-order valence-electron chi connectivity index (χ4n) is 6.04. The van der Waals surface area contributed by atoms with E-state index in [1.807, 2.05) is 6.07 Å². The zero-order valence-corrected chi connectivity index (χ0v) is 22.4. The molecule has 3 aliphatic rings. The summed E-state index contributed by atoms with van der Waals surface area (Å²) >= 11 is 0. The molecule has 4 heterocycles. The van der Waals surface area contributed by atoms with Gasteiger partial charge in [-0.2, -0.15) is 0 Å². The van der Waals surface area contributed by atoms with Gasteiger partial charge in [-0.05, 0) is 93.2 Å². The van der Waals surface area contributed by atoms with E-state index in [0.717, 1.165) is 81.2 Å². The van der Waals surface area contributed by atoms with Crippen LogP contribution in [0.15, 0.2) is 30.3 Å². The molecule has 5 rings (SSSR count). The van der Waals surface area contributed by atoms with Gasteiger partial charge in [-0.3, -0.25) is 14.7 Å². The highest BCUT2D eigenvalue weighted by molar-refractivity contribution is 5.71. The number of aryl methyl sites for hydroxylation is 2. The maximum atomic E-state index is 14.6. The summed E-state index contributed by atoms with van der Waals surface area (Å²) in [5, 5.41) is 3.42. The van der Waals surface area contributed by atoms with Crippen molar-refractivity contribution in [1.29, 1.82) is 0 Å². The number of likely N-dealkylation sites (tertiary alicyclic amines) is 1. The third-order valence-electron chi connectivity index (χ3n) is 8.00. The SMILES string of the molecule is COC(=O)CN1CCC(OCCCCc2ccc3c(n2)CCCN3)C1c1cc(F)ccc1[C@@H]1CCCCO1. The van der Waals surface area contributed by atoms with Gasteiger partial charge in [0.25, 0.3) is 0 Å². The standard InChI is InChI=1S/C30H40FN3O4/c1-36-29(35)20-34-16-14-28(30(34)24-19-21(31)10-12-23(24)27-9-3-5-17-37-27)38-18-4-2-7-22-11-13-25-26(33-22)8-6-15-32-25/h10-13,19,27-28,30,32H,2-9,14-18,20H2,1H3/t27-,28?,30?/m0/s1. The van der Waals surface area contributed by atoms with Gasteiger partial charge in [0.05, 0.1) is 43.3 Å². The van der Waals surface area contributed by atoms with Crippen LogP contribution in [0.2, 0.25) is 0 Å². The van der Waals surface area contributed by atoms with Crippen LogP contribution in [0, 0.1) is 5.82 Å². The second-order valence-corrected chi connectivity index (χ2v) is 10.6. The number of unbranched alkanes of at least 4 members (excludes halogenated alkanes) is 1. The number of rotatable bonds is 10. The van der Waals surface area contributed by atoms with Crippen LogP contribution in [-0.4, -0.2) is 61.9 Å². The van der Waals surface area contributed by atoms with Gasteiger partial charge >= 0.3 is 5.97 Å². The highest BCUT2D eigenvalue weighted by Crippen LogP contribution is 2.40. The number of pyridine rings is 1. The number of hydrogen-bond donors (Lipinski definition) is 1. The van der Waals surface area contributed by atoms with Crippen LogP contribution in [0.3, 0.4) is 0 Å². The fraction of sp³-hybridized carbons (Fsp3) is 0.600. The number of halogens is 1. The van der Waals surface area contributed by atoms with Crippen molar-refractivity contribution in [1.82, 2.24) is 9.88 Å². The largest absolute Gasteiger partial charge is 0.468 e. The Hall–Kier alpha value is -2.55. The Bertz CT molecular complexity index is 1090. The van der Waals surface area contributed by atoms with Gasteiger partial charge in [0.15, 0.2) is 0 Å². The number of hydrogen-bond acceptors (Lipinski definition) is 7. The molecular weight excluding hydrogens is 485 g/mol. The van der Waals surface area contributed by atoms with E-state index in [0.29, 0.717) is 19.8 Å². The van der Waals surface area contributed by atoms with Gasteiger partial charge in [-0.1, -0.05) is 6.07 Å². The molecule has 3 atom stereocenters. The number of methoxy groups -OCH3 is 1. The summed E-state index contributed by atoms with van der Waals surface area (Å²) in [4.78, 5) is 19.1. The van der Waals surface area contributed by atoms with Crippen molar-refractivity contribution in [2.24, 2.45) is 0 Å². The molecule has 1 aromatic carbocycles. The molecular formula is C30H40FN3O4. The van der Waals surface area contributed by atoms with Crippen LogP contribution >= 0.6 is 0 Å². The molecule has 2 saturated heterocycles. The van der Waals surface area contributed by atoms with E-state index >= 15 is 0 Å². The van der Waals surface area contributed by atoms with Crippen LogP contribution in [0.25, 0.3) is 0 Å². The topological polar surface area (TPSA) is 72.9 Å². The molecule has 1 N–H and O–H groups in total. The van der Waals surface area contributed by atoms with E-state index in [1.165, 1.54) is 24.6 Å². The van der Waals surface area contributed by atoms with Crippen LogP contribution in [0.5, 0.6) is 0 Å². The average Bonchev–Trinajstić information content (AvgIpc) is 3.34. The Morgan fingerprint density at radius 2 is 2.08 bits per heavy atom. The fourth-order valence-corrected chi connectivity index (χ4v) is 6.04. The lowest BCUT2D eigenvalue weighted by molar-refractivity contribution is -0.142. The van der Waals surface area contributed by atoms with E-state index in [2.05, 4.69) is 22.3 Å². The molecule has 38 heavy (non-hydrogen) atoms. The zero-order valence-electron chi connectivity index (χ0n) is 22.4. The van der Waals surface area contributed by atoms with Crippen molar-refractivity contribution in [3.8, 4) is 0 Å². The van der Waals surface area contributed by atoms with E-state index in [1.54, 1.807) is 6.07 Å². The third-order valence-corrected chi connectivity index (χ3v) is 8.00. The number of benzene rings is 1. The van der Waals surface area contributed by atoms with Crippen LogP contribution < -0.4 is 5.32 Å². The number of carbonyl (C=O) groups is 1. The monoisotopic (exact) mass is 525 g/mol. The second-order valence-electron chi connectivity index (χ2n) is 10.6. The Kier molecular flexibility index (Phi) is 9.25. The molecule has 0 radical (unpaired) electrons. The number of carbonyl (C=O) groups excluding carboxylic acids is 1. The highest BCUT2D eigenvalue weighted by Gasteiger charge is 2.39. The van der Waals surface area contributed by atoms with Gasteiger partial charge < -0.3 is 19.5 Å². The molecule has 2 fully saturated rings. The summed E-state index contributed by atoms with van der Waals surface area (Å²) < 4.78 is 32.1. The lowest BCUT2D eigenvalue weighted by atomic mass is 9.90. The van der Waals surface area contributed by atoms with Crippen molar-refractivity contribution in [2.75, 3.05) is 45.3 Å². The molecule has 0 spiro atoms. The Balaban J connectivity index is 1.24. The minimum absolute atomic E-state index is 0.0557. The summed E-state index contributed by atoms with van der Waals surface area (Å²) in [6.45, 7) is 3.20. The van der Waals surface area contributed by atoms with E-state index < -0.39 is 0 Å². The molecule has 8 heteroatoms. The molecule has 2 aromatic rings. The number of nitrogens with one attached hydrogen (secondary N) is 1. The lowest BCUT2D eigenvalue weighted by Crippen LogP contribution is -2.34. The number of anilines is 1. The highest BCUT2D eigenvalue weighted by atomic mass is 19.1. The molecule has 206 valence electrons. The molecule has 0 bridgehead atoms. The predicted octanol–water partition coefficient (Wildman–Crippen LogP) is 5.15. The maximum absolute atomic E-state index is 14.6.